The minimum absolute atomic E-state index is 0.0101. The molecule has 196 valence electrons. The van der Waals surface area contributed by atoms with Crippen LogP contribution in [0, 0.1) is 11.3 Å². The van der Waals surface area contributed by atoms with Crippen molar-refractivity contribution in [3.63, 3.8) is 0 Å². The molecule has 0 saturated carbocycles. The summed E-state index contributed by atoms with van der Waals surface area (Å²) in [6, 6.07) is 10.8. The van der Waals surface area contributed by atoms with Crippen LogP contribution in [0.1, 0.15) is 25.2 Å². The lowest BCUT2D eigenvalue weighted by molar-refractivity contribution is -0.139. The molecule has 0 radical (unpaired) electrons. The number of hydrogen-bond donors (Lipinski definition) is 1. The van der Waals surface area contributed by atoms with Crippen LogP contribution in [0.4, 0.5) is 0 Å². The molecule has 0 fully saturated rings. The van der Waals surface area contributed by atoms with Gasteiger partial charge in [-0.05, 0) is 25.7 Å². The molecule has 0 aliphatic heterocycles. The number of nitriles is 1. The molecule has 0 aliphatic carbocycles. The molecule has 0 bridgehead atoms. The molecule has 0 saturated heterocycles. The summed E-state index contributed by atoms with van der Waals surface area (Å²) in [5.74, 6) is -1.85. The Labute approximate surface area is 211 Å². The second kappa shape index (κ2) is 18.4. The fourth-order valence-electron chi connectivity index (χ4n) is 2.74. The first kappa shape index (κ1) is 31.1. The molecular weight excluding hydrogens is 495 g/mol. The van der Waals surface area contributed by atoms with E-state index in [1.165, 1.54) is 7.11 Å². The normalized spacial score (nSPS) is 13.0. The molecule has 12 heteroatoms. The van der Waals surface area contributed by atoms with E-state index in [9.17, 15) is 14.6 Å². The highest BCUT2D eigenvalue weighted by Crippen LogP contribution is 2.60. The van der Waals surface area contributed by atoms with Crippen LogP contribution < -0.4 is 5.32 Å². The predicted octanol–water partition coefficient (Wildman–Crippen LogP) is 3.86. The van der Waals surface area contributed by atoms with Gasteiger partial charge in [0.25, 0.3) is 0 Å². The van der Waals surface area contributed by atoms with Gasteiger partial charge < -0.3 is 33.3 Å². The highest BCUT2D eigenvalue weighted by atomic mass is 32.2. The van der Waals surface area contributed by atoms with Gasteiger partial charge in [-0.25, -0.2) is 4.79 Å². The third-order valence-electron chi connectivity index (χ3n) is 4.37. The van der Waals surface area contributed by atoms with E-state index < -0.39 is 19.3 Å². The smallest absolute Gasteiger partial charge is 0.357 e. The third-order valence-corrected chi connectivity index (χ3v) is 7.25. The highest BCUT2D eigenvalue weighted by molar-refractivity contribution is 8.02. The molecule has 0 aliphatic rings. The molecule has 1 rings (SSSR count). The van der Waals surface area contributed by atoms with Gasteiger partial charge in [-0.2, -0.15) is 5.26 Å². The minimum atomic E-state index is -3.91. The van der Waals surface area contributed by atoms with Crippen molar-refractivity contribution >= 4 is 25.3 Å². The molecular formula is C23H35N2O8PS. The lowest BCUT2D eigenvalue weighted by Gasteiger charge is -2.29. The Morgan fingerprint density at radius 3 is 2.11 bits per heavy atom. The van der Waals surface area contributed by atoms with Gasteiger partial charge in [-0.15, -0.1) is 11.8 Å². The molecule has 0 heterocycles. The van der Waals surface area contributed by atoms with Crippen LogP contribution in [0.15, 0.2) is 40.9 Å². The summed E-state index contributed by atoms with van der Waals surface area (Å²) in [4.78, 5) is 12.5. The second-order valence-electron chi connectivity index (χ2n) is 6.71. The maximum atomic E-state index is 14.1. The van der Waals surface area contributed by atoms with E-state index in [-0.39, 0.29) is 50.2 Å². The van der Waals surface area contributed by atoms with Crippen LogP contribution in [0.2, 0.25) is 0 Å². The first-order chi connectivity index (χ1) is 17.0. The SMILES string of the molecule is CCOCCOP(=O)(OCCOCC)C(N/C(SC)=C(/C#N)C(=O)OCCOC)c1ccccc1. The van der Waals surface area contributed by atoms with Gasteiger partial charge in [-0.1, -0.05) is 30.3 Å². The number of thioether (sulfide) groups is 1. The zero-order valence-corrected chi connectivity index (χ0v) is 22.4. The van der Waals surface area contributed by atoms with Crippen molar-refractivity contribution in [2.24, 2.45) is 0 Å². The van der Waals surface area contributed by atoms with E-state index in [1.54, 1.807) is 30.5 Å². The van der Waals surface area contributed by atoms with Crippen molar-refractivity contribution < 1.29 is 37.4 Å². The van der Waals surface area contributed by atoms with Crippen LogP contribution in [0.25, 0.3) is 0 Å². The van der Waals surface area contributed by atoms with Crippen LogP contribution in [0.5, 0.6) is 0 Å². The fraction of sp³-hybridized carbons (Fsp3) is 0.565. The Morgan fingerprint density at radius 1 is 1.03 bits per heavy atom. The van der Waals surface area contributed by atoms with Crippen molar-refractivity contribution in [1.29, 1.82) is 5.26 Å². The zero-order chi connectivity index (χ0) is 25.9. The Kier molecular flexibility index (Phi) is 16.3. The number of esters is 1. The summed E-state index contributed by atoms with van der Waals surface area (Å²) >= 11 is 1.11. The molecule has 0 aromatic heterocycles. The number of hydrogen-bond acceptors (Lipinski definition) is 11. The maximum absolute atomic E-state index is 14.1. The average Bonchev–Trinajstić information content (AvgIpc) is 2.87. The molecule has 10 nitrogen and oxygen atoms in total. The third kappa shape index (κ3) is 11.1. The predicted molar refractivity (Wildman–Crippen MR) is 134 cm³/mol. The Morgan fingerprint density at radius 2 is 1.63 bits per heavy atom. The zero-order valence-electron chi connectivity index (χ0n) is 20.7. The van der Waals surface area contributed by atoms with E-state index in [0.29, 0.717) is 18.8 Å². The monoisotopic (exact) mass is 530 g/mol. The van der Waals surface area contributed by atoms with Gasteiger partial charge in [0, 0.05) is 20.3 Å². The molecule has 0 spiro atoms. The standard InChI is InChI=1S/C23H35N2O8PS/c1-5-29-13-16-32-34(27,33-17-14-30-6-2)21(19-10-8-7-9-11-19)25-22(35-4)20(18-24)23(26)31-15-12-28-3/h7-11,21,25H,5-6,12-17H2,1-4H3/b22-20+. The first-order valence-corrected chi connectivity index (χ1v) is 14.0. The van der Waals surface area contributed by atoms with Crippen LogP contribution in [-0.4, -0.2) is 72.2 Å². The fourth-order valence-corrected chi connectivity index (χ4v) is 5.25. The molecule has 1 aromatic carbocycles. The van der Waals surface area contributed by atoms with Crippen molar-refractivity contribution in [2.45, 2.75) is 19.6 Å². The van der Waals surface area contributed by atoms with Crippen molar-refractivity contribution in [2.75, 3.05) is 66.2 Å². The van der Waals surface area contributed by atoms with Crippen molar-refractivity contribution in [3.8, 4) is 6.07 Å². The number of carbonyl (C=O) groups is 1. The molecule has 35 heavy (non-hydrogen) atoms. The summed E-state index contributed by atoms with van der Waals surface area (Å²) in [6.07, 6.45) is 1.68. The number of nitrogens with one attached hydrogen (secondary N) is 1. The lowest BCUT2D eigenvalue weighted by atomic mass is 10.2. The number of ether oxygens (including phenoxy) is 4. The summed E-state index contributed by atoms with van der Waals surface area (Å²) < 4.78 is 46.3. The topological polar surface area (TPSA) is 125 Å². The van der Waals surface area contributed by atoms with Gasteiger partial charge in [-0.3, -0.25) is 4.57 Å². The summed E-state index contributed by atoms with van der Waals surface area (Å²) in [6.45, 7) is 5.31. The molecule has 1 N–H and O–H groups in total. The molecule has 1 atom stereocenters. The molecule has 0 amide bonds. The van der Waals surface area contributed by atoms with E-state index in [0.717, 1.165) is 11.8 Å². The van der Waals surface area contributed by atoms with Crippen LogP contribution in [-0.2, 0) is 37.4 Å². The first-order valence-electron chi connectivity index (χ1n) is 11.2. The quantitative estimate of drug-likeness (QED) is 0.0921. The summed E-state index contributed by atoms with van der Waals surface area (Å²) in [5.41, 5.74) is 0.324. The van der Waals surface area contributed by atoms with Gasteiger partial charge in [0.1, 0.15) is 12.7 Å². The van der Waals surface area contributed by atoms with Crippen molar-refractivity contribution in [3.05, 3.63) is 46.5 Å². The van der Waals surface area contributed by atoms with Crippen molar-refractivity contribution in [1.82, 2.24) is 5.32 Å². The Balaban J connectivity index is 3.36. The van der Waals surface area contributed by atoms with Gasteiger partial charge in [0.05, 0.1) is 38.1 Å². The highest BCUT2D eigenvalue weighted by Gasteiger charge is 2.39. The minimum Gasteiger partial charge on any atom is -0.459 e. The molecule has 1 aromatic rings. The summed E-state index contributed by atoms with van der Waals surface area (Å²) in [7, 11) is -2.43. The van der Waals surface area contributed by atoms with E-state index in [2.05, 4.69) is 5.32 Å². The molecule has 1 unspecified atom stereocenters. The second-order valence-corrected chi connectivity index (χ2v) is 9.64. The van der Waals surface area contributed by atoms with Crippen LogP contribution in [0.3, 0.4) is 0 Å². The largest absolute Gasteiger partial charge is 0.459 e. The van der Waals surface area contributed by atoms with Gasteiger partial charge in [0.15, 0.2) is 11.4 Å². The summed E-state index contributed by atoms with van der Waals surface area (Å²) in [5, 5.41) is 12.9. The number of methoxy groups -OCH3 is 1. The lowest BCUT2D eigenvalue weighted by Crippen LogP contribution is -2.26. The van der Waals surface area contributed by atoms with Gasteiger partial charge >= 0.3 is 13.6 Å². The van der Waals surface area contributed by atoms with E-state index >= 15 is 0 Å². The van der Waals surface area contributed by atoms with Gasteiger partial charge in [0.2, 0.25) is 0 Å². The Hall–Kier alpha value is -1.90. The Bertz CT molecular complexity index is 847. The van der Waals surface area contributed by atoms with E-state index in [1.807, 2.05) is 26.0 Å². The van der Waals surface area contributed by atoms with Crippen LogP contribution >= 0.6 is 19.4 Å². The number of rotatable bonds is 19. The number of benzene rings is 1. The average molecular weight is 531 g/mol. The number of carbonyl (C=O) groups excluding carboxylic acids is 1. The number of nitrogens with zero attached hydrogens (tertiary/aromatic N) is 1. The maximum Gasteiger partial charge on any atom is 0.357 e. The van der Waals surface area contributed by atoms with E-state index in [4.69, 9.17) is 28.0 Å².